The number of hydrogen-bond acceptors (Lipinski definition) is 3. The van der Waals surface area contributed by atoms with Crippen molar-refractivity contribution >= 4 is 0 Å². The van der Waals surface area contributed by atoms with Crippen LogP contribution in [0.3, 0.4) is 0 Å². The van der Waals surface area contributed by atoms with Crippen molar-refractivity contribution in [1.29, 1.82) is 0 Å². The molecule has 3 nitrogen and oxygen atoms in total. The lowest BCUT2D eigenvalue weighted by molar-refractivity contribution is 0.291. The number of hydrogen-bond donors (Lipinski definition) is 0. The molecule has 0 N–H and O–H groups in total. The van der Waals surface area contributed by atoms with Gasteiger partial charge in [-0.25, -0.2) is 0 Å². The van der Waals surface area contributed by atoms with Crippen LogP contribution in [-0.2, 0) is 0 Å². The molecular weight excluding hydrogens is 276 g/mol. The fourth-order valence-electron chi connectivity index (χ4n) is 2.49. The van der Waals surface area contributed by atoms with Gasteiger partial charge < -0.3 is 14.2 Å². The van der Waals surface area contributed by atoms with Gasteiger partial charge in [0.15, 0.2) is 11.5 Å². The SMILES string of the molecule is COc1ccc(C(C)COc2c(C)cccc2C)cc1OC. The van der Waals surface area contributed by atoms with Crippen LogP contribution in [0.15, 0.2) is 36.4 Å². The first-order valence-corrected chi connectivity index (χ1v) is 7.47. The van der Waals surface area contributed by atoms with Crippen LogP contribution < -0.4 is 14.2 Å². The van der Waals surface area contributed by atoms with Crippen molar-refractivity contribution in [3.05, 3.63) is 53.1 Å². The van der Waals surface area contributed by atoms with E-state index in [4.69, 9.17) is 14.2 Å². The fourth-order valence-corrected chi connectivity index (χ4v) is 2.49. The van der Waals surface area contributed by atoms with Gasteiger partial charge in [-0.3, -0.25) is 0 Å². The van der Waals surface area contributed by atoms with E-state index >= 15 is 0 Å². The van der Waals surface area contributed by atoms with Gasteiger partial charge in [0.2, 0.25) is 0 Å². The maximum absolute atomic E-state index is 6.04. The molecule has 0 fully saturated rings. The topological polar surface area (TPSA) is 27.7 Å². The van der Waals surface area contributed by atoms with Crippen molar-refractivity contribution < 1.29 is 14.2 Å². The molecule has 1 atom stereocenters. The molecule has 0 spiro atoms. The second kappa shape index (κ2) is 7.21. The molecule has 3 heteroatoms. The molecule has 0 saturated heterocycles. The van der Waals surface area contributed by atoms with Crippen LogP contribution >= 0.6 is 0 Å². The molecule has 0 radical (unpaired) electrons. The zero-order valence-corrected chi connectivity index (χ0v) is 14.0. The van der Waals surface area contributed by atoms with Crippen LogP contribution in [0.2, 0.25) is 0 Å². The first-order chi connectivity index (χ1) is 10.6. The van der Waals surface area contributed by atoms with Crippen molar-refractivity contribution in [3.8, 4) is 17.2 Å². The van der Waals surface area contributed by atoms with Gasteiger partial charge in [0.25, 0.3) is 0 Å². The van der Waals surface area contributed by atoms with Gasteiger partial charge in [-0.2, -0.15) is 0 Å². The number of rotatable bonds is 6. The highest BCUT2D eigenvalue weighted by atomic mass is 16.5. The van der Waals surface area contributed by atoms with Gasteiger partial charge in [-0.15, -0.1) is 0 Å². The lowest BCUT2D eigenvalue weighted by atomic mass is 10.0. The summed E-state index contributed by atoms with van der Waals surface area (Å²) in [6, 6.07) is 12.2. The second-order valence-electron chi connectivity index (χ2n) is 5.55. The Hall–Kier alpha value is -2.16. The monoisotopic (exact) mass is 300 g/mol. The third-order valence-electron chi connectivity index (χ3n) is 3.86. The van der Waals surface area contributed by atoms with Crippen LogP contribution in [0.1, 0.15) is 29.5 Å². The van der Waals surface area contributed by atoms with E-state index < -0.39 is 0 Å². The van der Waals surface area contributed by atoms with Crippen LogP contribution in [0.5, 0.6) is 17.2 Å². The molecule has 2 aromatic rings. The minimum atomic E-state index is 0.263. The van der Waals surface area contributed by atoms with Gasteiger partial charge in [0.1, 0.15) is 5.75 Å². The number of ether oxygens (including phenoxy) is 3. The average Bonchev–Trinajstić information content (AvgIpc) is 2.53. The Kier molecular flexibility index (Phi) is 5.31. The summed E-state index contributed by atoms with van der Waals surface area (Å²) < 4.78 is 16.7. The Morgan fingerprint density at radius 1 is 0.909 bits per heavy atom. The highest BCUT2D eigenvalue weighted by molar-refractivity contribution is 5.44. The molecule has 0 aliphatic heterocycles. The number of benzene rings is 2. The Balaban J connectivity index is 2.11. The lowest BCUT2D eigenvalue weighted by Gasteiger charge is -2.18. The van der Waals surface area contributed by atoms with Crippen molar-refractivity contribution in [2.75, 3.05) is 20.8 Å². The van der Waals surface area contributed by atoms with Gasteiger partial charge in [0, 0.05) is 5.92 Å². The van der Waals surface area contributed by atoms with Crippen LogP contribution in [-0.4, -0.2) is 20.8 Å². The summed E-state index contributed by atoms with van der Waals surface area (Å²) in [7, 11) is 3.30. The van der Waals surface area contributed by atoms with E-state index in [1.807, 2.05) is 12.1 Å². The fraction of sp³-hybridized carbons (Fsp3) is 0.368. The van der Waals surface area contributed by atoms with Crippen molar-refractivity contribution in [2.45, 2.75) is 26.7 Å². The first kappa shape index (κ1) is 16.2. The molecule has 0 aliphatic rings. The van der Waals surface area contributed by atoms with Gasteiger partial charge in [0.05, 0.1) is 20.8 Å². The average molecular weight is 300 g/mol. The zero-order chi connectivity index (χ0) is 16.1. The molecular formula is C19H24O3. The minimum absolute atomic E-state index is 0.263. The van der Waals surface area contributed by atoms with E-state index in [-0.39, 0.29) is 5.92 Å². The summed E-state index contributed by atoms with van der Waals surface area (Å²) in [5, 5.41) is 0. The first-order valence-electron chi connectivity index (χ1n) is 7.47. The van der Waals surface area contributed by atoms with E-state index in [2.05, 4.69) is 45.0 Å². The molecule has 0 amide bonds. The minimum Gasteiger partial charge on any atom is -0.493 e. The molecule has 0 aromatic heterocycles. The smallest absolute Gasteiger partial charge is 0.160 e. The Morgan fingerprint density at radius 2 is 1.55 bits per heavy atom. The number of methoxy groups -OCH3 is 2. The molecule has 22 heavy (non-hydrogen) atoms. The normalized spacial score (nSPS) is 11.9. The van der Waals surface area contributed by atoms with E-state index in [0.29, 0.717) is 6.61 Å². The predicted octanol–water partition coefficient (Wildman–Crippen LogP) is 4.50. The highest BCUT2D eigenvalue weighted by Gasteiger charge is 2.12. The van der Waals surface area contributed by atoms with Crippen molar-refractivity contribution in [3.63, 3.8) is 0 Å². The molecule has 0 saturated carbocycles. The molecule has 0 aliphatic carbocycles. The lowest BCUT2D eigenvalue weighted by Crippen LogP contribution is -2.09. The molecule has 0 bridgehead atoms. The van der Waals surface area contributed by atoms with Crippen molar-refractivity contribution in [1.82, 2.24) is 0 Å². The van der Waals surface area contributed by atoms with Gasteiger partial charge >= 0.3 is 0 Å². The Labute approximate surface area is 132 Å². The molecule has 0 heterocycles. The van der Waals surface area contributed by atoms with E-state index in [9.17, 15) is 0 Å². The van der Waals surface area contributed by atoms with Crippen LogP contribution in [0.25, 0.3) is 0 Å². The Bertz CT molecular complexity index is 614. The largest absolute Gasteiger partial charge is 0.493 e. The summed E-state index contributed by atoms with van der Waals surface area (Å²) in [6.07, 6.45) is 0. The predicted molar refractivity (Wildman–Crippen MR) is 89.4 cm³/mol. The van der Waals surface area contributed by atoms with E-state index in [1.54, 1.807) is 14.2 Å². The molecule has 2 rings (SSSR count). The Morgan fingerprint density at radius 3 is 2.14 bits per heavy atom. The van der Waals surface area contributed by atoms with Crippen molar-refractivity contribution in [2.24, 2.45) is 0 Å². The summed E-state index contributed by atoms with van der Waals surface area (Å²) in [6.45, 7) is 6.92. The van der Waals surface area contributed by atoms with Crippen LogP contribution in [0, 0.1) is 13.8 Å². The third kappa shape index (κ3) is 3.53. The standard InChI is InChI=1S/C19H24O3/c1-13-7-6-8-14(2)19(13)22-12-15(3)16-9-10-17(20-4)18(11-16)21-5/h6-11,15H,12H2,1-5H3. The molecule has 2 aromatic carbocycles. The van der Waals surface area contributed by atoms with E-state index in [0.717, 1.165) is 17.2 Å². The number of para-hydroxylation sites is 1. The quantitative estimate of drug-likeness (QED) is 0.786. The summed E-state index contributed by atoms with van der Waals surface area (Å²) in [4.78, 5) is 0. The number of aryl methyl sites for hydroxylation is 2. The maximum Gasteiger partial charge on any atom is 0.160 e. The van der Waals surface area contributed by atoms with E-state index in [1.165, 1.54) is 16.7 Å². The zero-order valence-electron chi connectivity index (χ0n) is 14.0. The summed E-state index contributed by atoms with van der Waals surface area (Å²) in [5.41, 5.74) is 3.50. The molecule has 118 valence electrons. The third-order valence-corrected chi connectivity index (χ3v) is 3.86. The van der Waals surface area contributed by atoms with Gasteiger partial charge in [-0.1, -0.05) is 31.2 Å². The summed E-state index contributed by atoms with van der Waals surface area (Å²) >= 11 is 0. The van der Waals surface area contributed by atoms with Crippen LogP contribution in [0.4, 0.5) is 0 Å². The maximum atomic E-state index is 6.04. The summed E-state index contributed by atoms with van der Waals surface area (Å²) in [5.74, 6) is 2.74. The van der Waals surface area contributed by atoms with Gasteiger partial charge in [-0.05, 0) is 42.7 Å². The second-order valence-corrected chi connectivity index (χ2v) is 5.55. The molecule has 1 unspecified atom stereocenters. The highest BCUT2D eigenvalue weighted by Crippen LogP contribution is 2.31.